The van der Waals surface area contributed by atoms with Crippen LogP contribution in [0, 0.1) is 23.7 Å². The largest absolute Gasteiger partial charge is 0.390 e. The van der Waals surface area contributed by atoms with Crippen molar-refractivity contribution in [3.05, 3.63) is 0 Å². The highest BCUT2D eigenvalue weighted by Crippen LogP contribution is 2.45. The van der Waals surface area contributed by atoms with Crippen molar-refractivity contribution in [2.24, 2.45) is 23.7 Å². The number of aliphatic hydroxyl groups excluding tert-OH is 1. The van der Waals surface area contributed by atoms with Gasteiger partial charge in [-0.1, -0.05) is 39.0 Å². The maximum Gasteiger partial charge on any atom is 0.157 e. The van der Waals surface area contributed by atoms with Crippen LogP contribution in [0.15, 0.2) is 0 Å². The van der Waals surface area contributed by atoms with Gasteiger partial charge in [0.25, 0.3) is 0 Å². The second-order valence-corrected chi connectivity index (χ2v) is 7.68. The summed E-state index contributed by atoms with van der Waals surface area (Å²) in [6.07, 6.45) is -2.56. The maximum absolute atomic E-state index is 14.6. The Kier molecular flexibility index (Phi) is 6.76. The molecule has 5 heteroatoms. The number of hydrogen-bond acceptors (Lipinski definition) is 1. The van der Waals surface area contributed by atoms with Crippen LogP contribution in [-0.2, 0) is 0 Å². The summed E-state index contributed by atoms with van der Waals surface area (Å²) in [6, 6.07) is 0. The van der Waals surface area contributed by atoms with Gasteiger partial charge in [-0.3, -0.25) is 0 Å². The molecule has 0 aromatic heterocycles. The summed E-state index contributed by atoms with van der Waals surface area (Å²) < 4.78 is 57.0. The zero-order chi connectivity index (χ0) is 17.1. The molecule has 0 spiro atoms. The lowest BCUT2D eigenvalue weighted by Gasteiger charge is -2.42. The number of alkyl halides is 4. The van der Waals surface area contributed by atoms with Crippen LogP contribution < -0.4 is 0 Å². The highest BCUT2D eigenvalue weighted by molar-refractivity contribution is 4.95. The van der Waals surface area contributed by atoms with Crippen molar-refractivity contribution in [1.29, 1.82) is 0 Å². The van der Waals surface area contributed by atoms with Crippen molar-refractivity contribution in [2.45, 2.75) is 89.6 Å². The molecule has 0 saturated heterocycles. The molecule has 2 aliphatic carbocycles. The minimum absolute atomic E-state index is 0.237. The minimum Gasteiger partial charge on any atom is -0.390 e. The minimum atomic E-state index is -2.05. The van der Waals surface area contributed by atoms with Crippen molar-refractivity contribution in [2.75, 3.05) is 0 Å². The second kappa shape index (κ2) is 8.17. The fraction of sp³-hybridized carbons (Fsp3) is 1.00. The smallest absolute Gasteiger partial charge is 0.157 e. The molecule has 2 rings (SSSR count). The lowest BCUT2D eigenvalue weighted by Crippen LogP contribution is -2.47. The van der Waals surface area contributed by atoms with Gasteiger partial charge in [0.15, 0.2) is 6.17 Å². The van der Waals surface area contributed by atoms with Gasteiger partial charge in [0.1, 0.15) is 18.5 Å². The number of halogens is 4. The van der Waals surface area contributed by atoms with E-state index < -0.39 is 42.6 Å². The van der Waals surface area contributed by atoms with E-state index in [4.69, 9.17) is 0 Å². The molecule has 2 fully saturated rings. The normalized spacial score (nSPS) is 38.7. The molecule has 8 atom stereocenters. The van der Waals surface area contributed by atoms with Gasteiger partial charge in [-0.05, 0) is 43.4 Å². The van der Waals surface area contributed by atoms with Gasteiger partial charge in [0.2, 0.25) is 0 Å². The van der Waals surface area contributed by atoms with Gasteiger partial charge < -0.3 is 5.11 Å². The lowest BCUT2D eigenvalue weighted by atomic mass is 9.66. The molecular formula is C18H30F4O. The highest BCUT2D eigenvalue weighted by Gasteiger charge is 2.47. The van der Waals surface area contributed by atoms with Crippen LogP contribution in [0.5, 0.6) is 0 Å². The summed E-state index contributed by atoms with van der Waals surface area (Å²) in [7, 11) is 0. The first-order valence-corrected chi connectivity index (χ1v) is 9.09. The summed E-state index contributed by atoms with van der Waals surface area (Å²) in [4.78, 5) is 0. The monoisotopic (exact) mass is 338 g/mol. The Morgan fingerprint density at radius 2 is 1.43 bits per heavy atom. The Labute approximate surface area is 136 Å². The van der Waals surface area contributed by atoms with Crippen LogP contribution >= 0.6 is 0 Å². The molecule has 1 N–H and O–H groups in total. The quantitative estimate of drug-likeness (QED) is 0.702. The van der Waals surface area contributed by atoms with Crippen molar-refractivity contribution >= 4 is 0 Å². The molecule has 0 radical (unpaired) electrons. The standard InChI is InChI=1S/C18H30F4O/c1-10(15(19)16(20)11(2)23)13-8-9-14(18(22)17(13)21)12-6-4-3-5-7-12/h10-18,23H,3-9H2,1-2H3. The van der Waals surface area contributed by atoms with E-state index in [1.54, 1.807) is 0 Å². The van der Waals surface area contributed by atoms with Crippen LogP contribution in [0.1, 0.15) is 58.8 Å². The summed E-state index contributed by atoms with van der Waals surface area (Å²) in [5, 5.41) is 9.19. The van der Waals surface area contributed by atoms with E-state index in [-0.39, 0.29) is 11.8 Å². The van der Waals surface area contributed by atoms with E-state index in [1.807, 2.05) is 0 Å². The molecule has 0 aliphatic heterocycles. The van der Waals surface area contributed by atoms with Gasteiger partial charge >= 0.3 is 0 Å². The molecule has 8 unspecified atom stereocenters. The summed E-state index contributed by atoms with van der Waals surface area (Å²) in [6.45, 7) is 2.61. The third-order valence-corrected chi connectivity index (χ3v) is 6.15. The van der Waals surface area contributed by atoms with E-state index in [0.29, 0.717) is 12.8 Å². The predicted octanol–water partition coefficient (Wildman–Crippen LogP) is 4.96. The Bertz CT molecular complexity index is 359. The van der Waals surface area contributed by atoms with Crippen LogP contribution in [0.25, 0.3) is 0 Å². The first kappa shape index (κ1) is 19.0. The third-order valence-electron chi connectivity index (χ3n) is 6.15. The number of aliphatic hydroxyl groups is 1. The van der Waals surface area contributed by atoms with Crippen LogP contribution in [0.2, 0.25) is 0 Å². The zero-order valence-corrected chi connectivity index (χ0v) is 14.1. The van der Waals surface area contributed by atoms with Crippen LogP contribution in [0.4, 0.5) is 17.6 Å². The maximum atomic E-state index is 14.6. The van der Waals surface area contributed by atoms with Gasteiger partial charge in [-0.25, -0.2) is 17.6 Å². The second-order valence-electron chi connectivity index (χ2n) is 7.68. The van der Waals surface area contributed by atoms with E-state index in [2.05, 4.69) is 0 Å². The average Bonchev–Trinajstić information content (AvgIpc) is 2.56. The molecule has 2 aliphatic rings. The third kappa shape index (κ3) is 4.21. The van der Waals surface area contributed by atoms with Gasteiger partial charge in [0, 0.05) is 0 Å². The molecule has 136 valence electrons. The molecule has 1 nitrogen and oxygen atoms in total. The average molecular weight is 338 g/mol. The van der Waals surface area contributed by atoms with Crippen LogP contribution in [0.3, 0.4) is 0 Å². The van der Waals surface area contributed by atoms with E-state index in [1.165, 1.54) is 20.3 Å². The van der Waals surface area contributed by atoms with E-state index in [9.17, 15) is 22.7 Å². The highest BCUT2D eigenvalue weighted by atomic mass is 19.2. The van der Waals surface area contributed by atoms with E-state index in [0.717, 1.165) is 25.7 Å². The summed E-state index contributed by atoms with van der Waals surface area (Å²) in [5.74, 6) is -1.78. The van der Waals surface area contributed by atoms with E-state index >= 15 is 0 Å². The van der Waals surface area contributed by atoms with Crippen LogP contribution in [-0.4, -0.2) is 35.9 Å². The van der Waals surface area contributed by atoms with Crippen molar-refractivity contribution in [3.63, 3.8) is 0 Å². The summed E-state index contributed by atoms with van der Waals surface area (Å²) >= 11 is 0. The molecule has 0 aromatic carbocycles. The molecule has 0 aromatic rings. The molecule has 2 saturated carbocycles. The van der Waals surface area contributed by atoms with Gasteiger partial charge in [-0.2, -0.15) is 0 Å². The fourth-order valence-corrected chi connectivity index (χ4v) is 4.58. The SMILES string of the molecule is CC(O)C(F)C(F)C(C)C1CCC(C2CCCCC2)C(F)C1F. The Hall–Kier alpha value is -0.320. The topological polar surface area (TPSA) is 20.2 Å². The zero-order valence-electron chi connectivity index (χ0n) is 14.1. The fourth-order valence-electron chi connectivity index (χ4n) is 4.58. The first-order valence-electron chi connectivity index (χ1n) is 9.09. The lowest BCUT2D eigenvalue weighted by molar-refractivity contribution is -0.0570. The molecule has 0 bridgehead atoms. The number of rotatable bonds is 5. The summed E-state index contributed by atoms with van der Waals surface area (Å²) in [5.41, 5.74) is 0. The van der Waals surface area contributed by atoms with Crippen molar-refractivity contribution < 1.29 is 22.7 Å². The van der Waals surface area contributed by atoms with Crippen molar-refractivity contribution in [1.82, 2.24) is 0 Å². The van der Waals surface area contributed by atoms with Gasteiger partial charge in [-0.15, -0.1) is 0 Å². The Balaban J connectivity index is 1.98. The molecule has 23 heavy (non-hydrogen) atoms. The Morgan fingerprint density at radius 3 is 2.00 bits per heavy atom. The predicted molar refractivity (Wildman–Crippen MR) is 83.2 cm³/mol. The van der Waals surface area contributed by atoms with Gasteiger partial charge in [0.05, 0.1) is 6.10 Å². The van der Waals surface area contributed by atoms with Crippen molar-refractivity contribution in [3.8, 4) is 0 Å². The molecule has 0 amide bonds. The Morgan fingerprint density at radius 1 is 0.826 bits per heavy atom. The first-order chi connectivity index (χ1) is 10.8. The molecular weight excluding hydrogens is 308 g/mol. The molecule has 0 heterocycles. The number of hydrogen-bond donors (Lipinski definition) is 1.